The highest BCUT2D eigenvalue weighted by molar-refractivity contribution is 7.80. The van der Waals surface area contributed by atoms with Crippen molar-refractivity contribution in [2.24, 2.45) is 0 Å². The van der Waals surface area contributed by atoms with Crippen LogP contribution in [0.4, 0.5) is 5.69 Å². The van der Waals surface area contributed by atoms with Crippen molar-refractivity contribution in [3.05, 3.63) is 30.3 Å². The molecule has 2 rings (SSSR count). The highest BCUT2D eigenvalue weighted by atomic mass is 32.1. The lowest BCUT2D eigenvalue weighted by atomic mass is 10.2. The highest BCUT2D eigenvalue weighted by Crippen LogP contribution is 2.16. The minimum atomic E-state index is 1.07. The van der Waals surface area contributed by atoms with Crippen LogP contribution in [-0.2, 0) is 0 Å². The fourth-order valence-corrected chi connectivity index (χ4v) is 2.86. The Morgan fingerprint density at radius 1 is 1.05 bits per heavy atom. The van der Waals surface area contributed by atoms with Crippen LogP contribution in [0.3, 0.4) is 0 Å². The Morgan fingerprint density at radius 3 is 2.37 bits per heavy atom. The molecule has 1 aromatic rings. The monoisotopic (exact) mass is 276 g/mol. The predicted octanol–water partition coefficient (Wildman–Crippen LogP) is 3.72. The van der Waals surface area contributed by atoms with Crippen LogP contribution in [0.15, 0.2) is 30.3 Å². The summed E-state index contributed by atoms with van der Waals surface area (Å²) in [6.07, 6.45) is 4.90. The van der Waals surface area contributed by atoms with Crippen LogP contribution < -0.4 is 4.90 Å². The number of anilines is 1. The van der Waals surface area contributed by atoms with E-state index in [1.54, 1.807) is 0 Å². The van der Waals surface area contributed by atoms with E-state index in [-0.39, 0.29) is 0 Å². The molecule has 3 heteroatoms. The summed E-state index contributed by atoms with van der Waals surface area (Å²) in [7, 11) is 0. The second-order valence-corrected chi connectivity index (χ2v) is 5.63. The third kappa shape index (κ3) is 4.20. The van der Waals surface area contributed by atoms with Crippen molar-refractivity contribution < 1.29 is 0 Å². The molecule has 19 heavy (non-hydrogen) atoms. The van der Waals surface area contributed by atoms with E-state index in [1.165, 1.54) is 29.9 Å². The maximum absolute atomic E-state index is 5.55. The summed E-state index contributed by atoms with van der Waals surface area (Å²) in [6, 6.07) is 10.7. The molecule has 1 aliphatic rings. The van der Waals surface area contributed by atoms with E-state index >= 15 is 0 Å². The molecule has 2 nitrogen and oxygen atoms in total. The van der Waals surface area contributed by atoms with Gasteiger partial charge in [-0.3, -0.25) is 0 Å². The Labute approximate surface area is 122 Å². The normalized spacial score (nSPS) is 15.6. The molecule has 0 saturated carbocycles. The molecule has 1 aliphatic heterocycles. The van der Waals surface area contributed by atoms with Gasteiger partial charge in [0.05, 0.1) is 4.99 Å². The van der Waals surface area contributed by atoms with Gasteiger partial charge in [0.1, 0.15) is 0 Å². The number of piperazine rings is 1. The van der Waals surface area contributed by atoms with Crippen LogP contribution in [0.1, 0.15) is 32.6 Å². The molecule has 0 aromatic heterocycles. The Bertz CT molecular complexity index is 383. The van der Waals surface area contributed by atoms with E-state index in [4.69, 9.17) is 12.2 Å². The largest absolute Gasteiger partial charge is 0.368 e. The average Bonchev–Trinajstić information content (AvgIpc) is 2.48. The summed E-state index contributed by atoms with van der Waals surface area (Å²) in [5.41, 5.74) is 1.33. The number of rotatable bonds is 5. The second kappa shape index (κ2) is 7.49. The lowest BCUT2D eigenvalue weighted by Crippen LogP contribution is -2.48. The van der Waals surface area contributed by atoms with Crippen LogP contribution >= 0.6 is 12.2 Å². The molecule has 104 valence electrons. The maximum atomic E-state index is 5.55. The first-order valence-corrected chi connectivity index (χ1v) is 7.80. The molecule has 0 atom stereocenters. The lowest BCUT2D eigenvalue weighted by Gasteiger charge is -2.37. The fraction of sp³-hybridized carbons (Fsp3) is 0.562. The van der Waals surface area contributed by atoms with Crippen molar-refractivity contribution in [3.63, 3.8) is 0 Å². The number of hydrogen-bond donors (Lipinski definition) is 0. The molecule has 1 aromatic carbocycles. The van der Waals surface area contributed by atoms with Gasteiger partial charge in [-0.15, -0.1) is 0 Å². The van der Waals surface area contributed by atoms with Crippen molar-refractivity contribution in [2.75, 3.05) is 31.1 Å². The van der Waals surface area contributed by atoms with Crippen molar-refractivity contribution >= 4 is 22.9 Å². The smallest absolute Gasteiger partial charge is 0.0780 e. The number of unbranched alkanes of at least 4 members (excludes halogenated alkanes) is 2. The molecule has 1 fully saturated rings. The van der Waals surface area contributed by atoms with E-state index < -0.39 is 0 Å². The second-order valence-electron chi connectivity index (χ2n) is 5.16. The predicted molar refractivity (Wildman–Crippen MR) is 87.0 cm³/mol. The number of nitrogens with zero attached hydrogens (tertiary/aromatic N) is 2. The van der Waals surface area contributed by atoms with Gasteiger partial charge in [0.25, 0.3) is 0 Å². The standard InChI is InChI=1S/C16H24N2S/c1-2-3-5-10-16(19)18-13-11-17(12-14-18)15-8-6-4-7-9-15/h4,6-9H,2-3,5,10-14H2,1H3. The third-order valence-corrected chi connectivity index (χ3v) is 4.21. The third-order valence-electron chi connectivity index (χ3n) is 3.75. The number of hydrogen-bond acceptors (Lipinski definition) is 2. The van der Waals surface area contributed by atoms with Crippen LogP contribution in [0.25, 0.3) is 0 Å². The van der Waals surface area contributed by atoms with Gasteiger partial charge in [-0.1, -0.05) is 50.2 Å². The Morgan fingerprint density at radius 2 is 1.74 bits per heavy atom. The molecule has 0 amide bonds. The zero-order valence-corrected chi connectivity index (χ0v) is 12.7. The van der Waals surface area contributed by atoms with Gasteiger partial charge in [0.15, 0.2) is 0 Å². The summed E-state index contributed by atoms with van der Waals surface area (Å²) < 4.78 is 0. The van der Waals surface area contributed by atoms with E-state index in [0.29, 0.717) is 0 Å². The van der Waals surface area contributed by atoms with Gasteiger partial charge >= 0.3 is 0 Å². The van der Waals surface area contributed by atoms with Gasteiger partial charge in [-0.2, -0.15) is 0 Å². The molecule has 0 radical (unpaired) electrons. The lowest BCUT2D eigenvalue weighted by molar-refractivity contribution is 0.384. The average molecular weight is 276 g/mol. The Kier molecular flexibility index (Phi) is 5.64. The summed E-state index contributed by atoms with van der Waals surface area (Å²) in [6.45, 7) is 6.54. The number of para-hydroxylation sites is 1. The Hall–Kier alpha value is -1.09. The first-order valence-electron chi connectivity index (χ1n) is 7.39. The molecule has 0 bridgehead atoms. The topological polar surface area (TPSA) is 6.48 Å². The first kappa shape index (κ1) is 14.3. The van der Waals surface area contributed by atoms with Crippen LogP contribution in [-0.4, -0.2) is 36.1 Å². The van der Waals surface area contributed by atoms with Crippen molar-refractivity contribution in [3.8, 4) is 0 Å². The summed E-state index contributed by atoms with van der Waals surface area (Å²) in [5, 5.41) is 0. The molecule has 0 unspecified atom stereocenters. The minimum Gasteiger partial charge on any atom is -0.368 e. The van der Waals surface area contributed by atoms with Gasteiger partial charge < -0.3 is 9.80 Å². The number of benzene rings is 1. The first-order chi connectivity index (χ1) is 9.31. The molecule has 1 saturated heterocycles. The van der Waals surface area contributed by atoms with E-state index in [2.05, 4.69) is 47.1 Å². The quantitative estimate of drug-likeness (QED) is 0.598. The van der Waals surface area contributed by atoms with Crippen molar-refractivity contribution in [1.29, 1.82) is 0 Å². The van der Waals surface area contributed by atoms with E-state index in [9.17, 15) is 0 Å². The highest BCUT2D eigenvalue weighted by Gasteiger charge is 2.18. The molecular weight excluding hydrogens is 252 g/mol. The maximum Gasteiger partial charge on any atom is 0.0780 e. The molecular formula is C16H24N2S. The zero-order chi connectivity index (χ0) is 13.5. The number of thiocarbonyl (C=S) groups is 1. The Balaban J connectivity index is 1.77. The molecule has 0 spiro atoms. The molecule has 0 aliphatic carbocycles. The van der Waals surface area contributed by atoms with Crippen LogP contribution in [0.2, 0.25) is 0 Å². The van der Waals surface area contributed by atoms with Gasteiger partial charge in [0, 0.05) is 31.9 Å². The van der Waals surface area contributed by atoms with E-state index in [1.807, 2.05) is 0 Å². The summed E-state index contributed by atoms with van der Waals surface area (Å²) in [5.74, 6) is 0. The summed E-state index contributed by atoms with van der Waals surface area (Å²) >= 11 is 5.55. The SMILES string of the molecule is CCCCCC(=S)N1CCN(c2ccccc2)CC1. The van der Waals surface area contributed by atoms with Crippen molar-refractivity contribution in [2.45, 2.75) is 32.6 Å². The van der Waals surface area contributed by atoms with Gasteiger partial charge in [-0.05, 0) is 25.0 Å². The van der Waals surface area contributed by atoms with Crippen LogP contribution in [0.5, 0.6) is 0 Å². The fourth-order valence-electron chi connectivity index (χ4n) is 2.54. The van der Waals surface area contributed by atoms with Gasteiger partial charge in [-0.25, -0.2) is 0 Å². The zero-order valence-electron chi connectivity index (χ0n) is 11.8. The molecule has 1 heterocycles. The van der Waals surface area contributed by atoms with Crippen molar-refractivity contribution in [1.82, 2.24) is 4.90 Å². The molecule has 0 N–H and O–H groups in total. The van der Waals surface area contributed by atoms with Crippen LogP contribution in [0, 0.1) is 0 Å². The summed E-state index contributed by atoms with van der Waals surface area (Å²) in [4.78, 5) is 6.01. The minimum absolute atomic E-state index is 1.07. The van der Waals surface area contributed by atoms with Gasteiger partial charge in [0.2, 0.25) is 0 Å². The van der Waals surface area contributed by atoms with E-state index in [0.717, 1.165) is 32.6 Å².